The minimum absolute atomic E-state index is 0.0992. The molecule has 1 aromatic rings. The summed E-state index contributed by atoms with van der Waals surface area (Å²) in [5, 5.41) is 3.32. The number of nitrogens with one attached hydrogen (secondary N) is 1. The molecule has 0 spiro atoms. The Morgan fingerprint density at radius 2 is 1.89 bits per heavy atom. The lowest BCUT2D eigenvalue weighted by Gasteiger charge is -2.23. The first-order chi connectivity index (χ1) is 8.99. The second kappa shape index (κ2) is 5.91. The molecule has 1 fully saturated rings. The van der Waals surface area contributed by atoms with E-state index in [1.165, 1.54) is 0 Å². The van der Waals surface area contributed by atoms with E-state index in [2.05, 4.69) is 37.9 Å². The van der Waals surface area contributed by atoms with Crippen LogP contribution < -0.4 is 10.2 Å². The summed E-state index contributed by atoms with van der Waals surface area (Å²) in [5.74, 6) is 1.25. The molecule has 0 aliphatic carbocycles. The molecule has 0 amide bonds. The van der Waals surface area contributed by atoms with Gasteiger partial charge in [0.15, 0.2) is 0 Å². The van der Waals surface area contributed by atoms with Gasteiger partial charge in [-0.05, 0) is 24.0 Å². The van der Waals surface area contributed by atoms with Crippen LogP contribution in [0.25, 0.3) is 0 Å². The fourth-order valence-corrected chi connectivity index (χ4v) is 2.65. The lowest BCUT2D eigenvalue weighted by molar-refractivity contribution is 0.494. The van der Waals surface area contributed by atoms with Gasteiger partial charge in [-0.15, -0.1) is 0 Å². The molecule has 0 aromatic heterocycles. The number of rotatable bonds is 4. The van der Waals surface area contributed by atoms with E-state index in [-0.39, 0.29) is 5.82 Å². The molecule has 19 heavy (non-hydrogen) atoms. The average Bonchev–Trinajstić information content (AvgIpc) is 2.67. The molecule has 2 unspecified atom stereocenters. The summed E-state index contributed by atoms with van der Waals surface area (Å²) in [6, 6.07) is 5.79. The fraction of sp³-hybridized carbons (Fsp3) is 0.625. The summed E-state index contributed by atoms with van der Waals surface area (Å²) in [6.07, 6.45) is 0. The van der Waals surface area contributed by atoms with Crippen molar-refractivity contribution in [1.29, 1.82) is 0 Å². The van der Waals surface area contributed by atoms with E-state index in [0.29, 0.717) is 24.4 Å². The van der Waals surface area contributed by atoms with Gasteiger partial charge in [0.25, 0.3) is 0 Å². The van der Waals surface area contributed by atoms with Crippen molar-refractivity contribution >= 4 is 5.69 Å². The van der Waals surface area contributed by atoms with E-state index in [1.807, 2.05) is 12.1 Å². The molecule has 1 N–H and O–H groups in total. The normalized spacial score (nSPS) is 23.4. The maximum absolute atomic E-state index is 14.1. The van der Waals surface area contributed by atoms with Crippen LogP contribution in [0.3, 0.4) is 0 Å². The third-order valence-corrected chi connectivity index (χ3v) is 4.11. The third-order valence-electron chi connectivity index (χ3n) is 4.11. The van der Waals surface area contributed by atoms with Gasteiger partial charge < -0.3 is 10.2 Å². The van der Waals surface area contributed by atoms with Crippen molar-refractivity contribution in [3.8, 4) is 0 Å². The molecule has 1 saturated heterocycles. The molecule has 2 nitrogen and oxygen atoms in total. The van der Waals surface area contributed by atoms with Crippen LogP contribution in [-0.4, -0.2) is 19.1 Å². The molecule has 1 heterocycles. The highest BCUT2D eigenvalue weighted by Crippen LogP contribution is 2.31. The Balaban J connectivity index is 2.22. The molecule has 2 atom stereocenters. The van der Waals surface area contributed by atoms with E-state index in [1.54, 1.807) is 6.07 Å². The van der Waals surface area contributed by atoms with Crippen molar-refractivity contribution in [1.82, 2.24) is 5.32 Å². The van der Waals surface area contributed by atoms with Gasteiger partial charge in [0, 0.05) is 36.9 Å². The van der Waals surface area contributed by atoms with Crippen molar-refractivity contribution in [2.24, 2.45) is 11.8 Å². The van der Waals surface area contributed by atoms with Crippen LogP contribution in [-0.2, 0) is 6.54 Å². The van der Waals surface area contributed by atoms with Crippen LogP contribution in [0.2, 0.25) is 0 Å². The van der Waals surface area contributed by atoms with Gasteiger partial charge in [-0.2, -0.15) is 0 Å². The zero-order valence-electron chi connectivity index (χ0n) is 12.4. The smallest absolute Gasteiger partial charge is 0.129 e. The van der Waals surface area contributed by atoms with Gasteiger partial charge in [-0.1, -0.05) is 33.8 Å². The van der Waals surface area contributed by atoms with Gasteiger partial charge in [0.2, 0.25) is 0 Å². The largest absolute Gasteiger partial charge is 0.371 e. The van der Waals surface area contributed by atoms with Gasteiger partial charge >= 0.3 is 0 Å². The zero-order valence-corrected chi connectivity index (χ0v) is 12.4. The van der Waals surface area contributed by atoms with Crippen LogP contribution in [0.15, 0.2) is 18.2 Å². The van der Waals surface area contributed by atoms with Crippen LogP contribution in [0, 0.1) is 17.7 Å². The van der Waals surface area contributed by atoms with Gasteiger partial charge in [0.05, 0.1) is 0 Å². The Hall–Kier alpha value is -1.09. The molecule has 0 bridgehead atoms. The Morgan fingerprint density at radius 1 is 1.26 bits per heavy atom. The number of hydrogen-bond acceptors (Lipinski definition) is 2. The van der Waals surface area contributed by atoms with Gasteiger partial charge in [-0.3, -0.25) is 0 Å². The van der Waals surface area contributed by atoms with E-state index < -0.39 is 0 Å². The molecule has 0 saturated carbocycles. The van der Waals surface area contributed by atoms with Crippen LogP contribution in [0.1, 0.15) is 33.3 Å². The highest BCUT2D eigenvalue weighted by Gasteiger charge is 2.27. The predicted octanol–water partition coefficient (Wildman–Crippen LogP) is 3.42. The highest BCUT2D eigenvalue weighted by molar-refractivity contribution is 5.55. The Kier molecular flexibility index (Phi) is 4.46. The lowest BCUT2D eigenvalue weighted by Crippen LogP contribution is -2.26. The Labute approximate surface area is 116 Å². The van der Waals surface area contributed by atoms with Gasteiger partial charge in [-0.25, -0.2) is 4.39 Å². The fourth-order valence-electron chi connectivity index (χ4n) is 2.65. The van der Waals surface area contributed by atoms with E-state index >= 15 is 0 Å². The first-order valence-electron chi connectivity index (χ1n) is 7.24. The minimum atomic E-state index is -0.0992. The quantitative estimate of drug-likeness (QED) is 0.896. The SMILES string of the molecule is CC(C)NCc1c(F)cccc1N1CC(C)C(C)C1. The monoisotopic (exact) mass is 264 g/mol. The first-order valence-corrected chi connectivity index (χ1v) is 7.24. The van der Waals surface area contributed by atoms with Crippen LogP contribution >= 0.6 is 0 Å². The first kappa shape index (κ1) is 14.3. The highest BCUT2D eigenvalue weighted by atomic mass is 19.1. The van der Waals surface area contributed by atoms with Gasteiger partial charge in [0.1, 0.15) is 5.82 Å². The molecular weight excluding hydrogens is 239 g/mol. The number of nitrogens with zero attached hydrogens (tertiary/aromatic N) is 1. The molecule has 3 heteroatoms. The number of hydrogen-bond donors (Lipinski definition) is 1. The average molecular weight is 264 g/mol. The summed E-state index contributed by atoms with van der Waals surface area (Å²) in [5.41, 5.74) is 1.86. The van der Waals surface area contributed by atoms with Crippen LogP contribution in [0.5, 0.6) is 0 Å². The topological polar surface area (TPSA) is 15.3 Å². The molecular formula is C16H25FN2. The maximum atomic E-state index is 14.1. The number of halogens is 1. The van der Waals surface area contributed by atoms with E-state index in [9.17, 15) is 4.39 Å². The summed E-state index contributed by atoms with van der Waals surface area (Å²) < 4.78 is 14.1. The predicted molar refractivity (Wildman–Crippen MR) is 78.9 cm³/mol. The zero-order chi connectivity index (χ0) is 14.0. The molecule has 0 radical (unpaired) electrons. The lowest BCUT2D eigenvalue weighted by atomic mass is 10.0. The molecule has 1 aliphatic heterocycles. The summed E-state index contributed by atoms with van der Waals surface area (Å²) in [6.45, 7) is 11.4. The third kappa shape index (κ3) is 3.27. The van der Waals surface area contributed by atoms with Crippen molar-refractivity contribution in [3.05, 3.63) is 29.6 Å². The molecule has 1 aromatic carbocycles. The molecule has 106 valence electrons. The number of anilines is 1. The molecule has 2 rings (SSSR count). The Bertz CT molecular complexity index is 421. The van der Waals surface area contributed by atoms with Crippen molar-refractivity contribution in [2.75, 3.05) is 18.0 Å². The minimum Gasteiger partial charge on any atom is -0.371 e. The molecule has 1 aliphatic rings. The summed E-state index contributed by atoms with van der Waals surface area (Å²) in [7, 11) is 0. The van der Waals surface area contributed by atoms with Crippen molar-refractivity contribution in [2.45, 2.75) is 40.3 Å². The standard InChI is InChI=1S/C16H25FN2/c1-11(2)18-8-14-15(17)6-5-7-16(14)19-9-12(3)13(4)10-19/h5-7,11-13,18H,8-10H2,1-4H3. The van der Waals surface area contributed by atoms with Crippen molar-refractivity contribution in [3.63, 3.8) is 0 Å². The second-order valence-corrected chi connectivity index (χ2v) is 6.13. The van der Waals surface area contributed by atoms with E-state index in [0.717, 1.165) is 24.3 Å². The summed E-state index contributed by atoms with van der Waals surface area (Å²) >= 11 is 0. The van der Waals surface area contributed by atoms with Crippen molar-refractivity contribution < 1.29 is 4.39 Å². The second-order valence-electron chi connectivity index (χ2n) is 6.13. The number of benzene rings is 1. The maximum Gasteiger partial charge on any atom is 0.129 e. The Morgan fingerprint density at radius 3 is 2.47 bits per heavy atom. The van der Waals surface area contributed by atoms with E-state index in [4.69, 9.17) is 0 Å². The summed E-state index contributed by atoms with van der Waals surface area (Å²) in [4.78, 5) is 2.33. The van der Waals surface area contributed by atoms with Crippen LogP contribution in [0.4, 0.5) is 10.1 Å².